The minimum Gasteiger partial charge on any atom is -0.505 e. The van der Waals surface area contributed by atoms with Crippen molar-refractivity contribution >= 4 is 0 Å². The second-order valence-electron chi connectivity index (χ2n) is 4.29. The van der Waals surface area contributed by atoms with E-state index in [1.165, 1.54) is 6.07 Å². The molecule has 0 radical (unpaired) electrons. The summed E-state index contributed by atoms with van der Waals surface area (Å²) in [5.41, 5.74) is 0.626. The first kappa shape index (κ1) is 12.9. The van der Waals surface area contributed by atoms with Crippen molar-refractivity contribution < 1.29 is 9.50 Å². The molecule has 0 atom stereocenters. The number of aromatic hydroxyl groups is 1. The summed E-state index contributed by atoms with van der Waals surface area (Å²) in [5, 5.41) is 9.51. The van der Waals surface area contributed by atoms with Crippen molar-refractivity contribution in [3.8, 4) is 5.75 Å². The van der Waals surface area contributed by atoms with Gasteiger partial charge in [0.1, 0.15) is 0 Å². The van der Waals surface area contributed by atoms with Crippen molar-refractivity contribution in [1.82, 2.24) is 9.80 Å². The molecule has 1 rings (SSSR count). The molecular weight excluding hydrogens is 207 g/mol. The maximum absolute atomic E-state index is 13.1. The van der Waals surface area contributed by atoms with Crippen LogP contribution in [0, 0.1) is 5.82 Å². The van der Waals surface area contributed by atoms with E-state index in [4.69, 9.17) is 0 Å². The average Bonchev–Trinajstić information content (AvgIpc) is 2.22. The minimum atomic E-state index is -0.557. The number of para-hydroxylation sites is 1. The highest BCUT2D eigenvalue weighted by atomic mass is 19.1. The Labute approximate surface area is 96.1 Å². The van der Waals surface area contributed by atoms with Gasteiger partial charge in [0.15, 0.2) is 11.6 Å². The van der Waals surface area contributed by atoms with Crippen LogP contribution in [0.3, 0.4) is 0 Å². The monoisotopic (exact) mass is 226 g/mol. The van der Waals surface area contributed by atoms with Crippen LogP contribution in [0.25, 0.3) is 0 Å². The molecule has 0 saturated carbocycles. The SMILES string of the molecule is CN(C)CCN(C)Cc1cccc(F)c1O. The number of phenolic OH excluding ortho intramolecular Hbond substituents is 1. The van der Waals surface area contributed by atoms with E-state index in [0.717, 1.165) is 13.1 Å². The van der Waals surface area contributed by atoms with Crippen LogP contribution >= 0.6 is 0 Å². The van der Waals surface area contributed by atoms with Gasteiger partial charge in [0, 0.05) is 25.2 Å². The fourth-order valence-corrected chi connectivity index (χ4v) is 1.43. The van der Waals surface area contributed by atoms with Crippen molar-refractivity contribution in [3.63, 3.8) is 0 Å². The molecule has 0 fully saturated rings. The van der Waals surface area contributed by atoms with Gasteiger partial charge in [-0.05, 0) is 27.2 Å². The Morgan fingerprint density at radius 2 is 1.88 bits per heavy atom. The molecule has 1 N–H and O–H groups in total. The summed E-state index contributed by atoms with van der Waals surface area (Å²) in [6.07, 6.45) is 0. The Morgan fingerprint density at radius 3 is 2.50 bits per heavy atom. The number of rotatable bonds is 5. The Hall–Kier alpha value is -1.13. The van der Waals surface area contributed by atoms with E-state index >= 15 is 0 Å². The summed E-state index contributed by atoms with van der Waals surface area (Å²) in [7, 11) is 5.97. The summed E-state index contributed by atoms with van der Waals surface area (Å²) < 4.78 is 13.1. The second kappa shape index (κ2) is 5.82. The van der Waals surface area contributed by atoms with Crippen LogP contribution in [0.5, 0.6) is 5.75 Å². The van der Waals surface area contributed by atoms with E-state index in [2.05, 4.69) is 9.80 Å². The van der Waals surface area contributed by atoms with Crippen LogP contribution in [-0.4, -0.2) is 49.1 Å². The lowest BCUT2D eigenvalue weighted by molar-refractivity contribution is 0.272. The zero-order valence-electron chi connectivity index (χ0n) is 10.1. The zero-order valence-corrected chi connectivity index (χ0v) is 10.1. The van der Waals surface area contributed by atoms with E-state index in [1.807, 2.05) is 21.1 Å². The third kappa shape index (κ3) is 3.79. The van der Waals surface area contributed by atoms with Crippen LogP contribution in [0.15, 0.2) is 18.2 Å². The van der Waals surface area contributed by atoms with Crippen molar-refractivity contribution in [2.24, 2.45) is 0 Å². The topological polar surface area (TPSA) is 26.7 Å². The van der Waals surface area contributed by atoms with Crippen LogP contribution in [-0.2, 0) is 6.54 Å². The summed E-state index contributed by atoms with van der Waals surface area (Å²) >= 11 is 0. The Balaban J connectivity index is 2.56. The van der Waals surface area contributed by atoms with Crippen molar-refractivity contribution in [2.45, 2.75) is 6.54 Å². The number of halogens is 1. The van der Waals surface area contributed by atoms with E-state index in [1.54, 1.807) is 12.1 Å². The van der Waals surface area contributed by atoms with Crippen LogP contribution in [0.1, 0.15) is 5.56 Å². The first-order valence-corrected chi connectivity index (χ1v) is 5.30. The molecule has 1 aromatic rings. The van der Waals surface area contributed by atoms with Crippen molar-refractivity contribution in [3.05, 3.63) is 29.6 Å². The highest BCUT2D eigenvalue weighted by molar-refractivity contribution is 5.33. The van der Waals surface area contributed by atoms with Gasteiger partial charge in [-0.25, -0.2) is 4.39 Å². The number of likely N-dealkylation sites (N-methyl/N-ethyl adjacent to an activating group) is 2. The molecule has 0 aromatic heterocycles. The Morgan fingerprint density at radius 1 is 1.19 bits per heavy atom. The smallest absolute Gasteiger partial charge is 0.165 e. The molecule has 1 aromatic carbocycles. The maximum Gasteiger partial charge on any atom is 0.165 e. The molecule has 3 nitrogen and oxygen atoms in total. The van der Waals surface area contributed by atoms with Crippen molar-refractivity contribution in [1.29, 1.82) is 0 Å². The third-order valence-corrected chi connectivity index (χ3v) is 2.44. The zero-order chi connectivity index (χ0) is 12.1. The minimum absolute atomic E-state index is 0.237. The highest BCUT2D eigenvalue weighted by Gasteiger charge is 2.08. The van der Waals surface area contributed by atoms with Crippen molar-refractivity contribution in [2.75, 3.05) is 34.2 Å². The largest absolute Gasteiger partial charge is 0.505 e. The summed E-state index contributed by atoms with van der Waals surface area (Å²) in [6, 6.07) is 4.62. The molecular formula is C12H19FN2O. The molecule has 16 heavy (non-hydrogen) atoms. The van der Waals surface area contributed by atoms with Gasteiger partial charge in [-0.2, -0.15) is 0 Å². The van der Waals surface area contributed by atoms with E-state index in [-0.39, 0.29) is 5.75 Å². The fourth-order valence-electron chi connectivity index (χ4n) is 1.43. The van der Waals surface area contributed by atoms with Gasteiger partial charge in [-0.15, -0.1) is 0 Å². The lowest BCUT2D eigenvalue weighted by Crippen LogP contribution is -2.28. The lowest BCUT2D eigenvalue weighted by Gasteiger charge is -2.19. The molecule has 0 bridgehead atoms. The molecule has 0 unspecified atom stereocenters. The summed E-state index contributed by atoms with van der Waals surface area (Å²) in [5.74, 6) is -0.794. The van der Waals surface area contributed by atoms with E-state index in [9.17, 15) is 9.50 Å². The third-order valence-electron chi connectivity index (χ3n) is 2.44. The summed E-state index contributed by atoms with van der Waals surface area (Å²) in [4.78, 5) is 4.14. The molecule has 90 valence electrons. The number of nitrogens with zero attached hydrogens (tertiary/aromatic N) is 2. The van der Waals surface area contributed by atoms with Gasteiger partial charge >= 0.3 is 0 Å². The van der Waals surface area contributed by atoms with E-state index in [0.29, 0.717) is 12.1 Å². The molecule has 0 aliphatic carbocycles. The first-order valence-electron chi connectivity index (χ1n) is 5.30. The normalized spacial score (nSPS) is 11.4. The van der Waals surface area contributed by atoms with E-state index < -0.39 is 5.82 Å². The van der Waals surface area contributed by atoms with Crippen LogP contribution in [0.2, 0.25) is 0 Å². The molecule has 0 spiro atoms. The average molecular weight is 226 g/mol. The summed E-state index contributed by atoms with van der Waals surface area (Å²) in [6.45, 7) is 2.37. The molecule has 0 heterocycles. The highest BCUT2D eigenvalue weighted by Crippen LogP contribution is 2.21. The number of phenols is 1. The predicted octanol–water partition coefficient (Wildman–Crippen LogP) is 1.52. The number of hydrogen-bond acceptors (Lipinski definition) is 3. The molecule has 0 saturated heterocycles. The molecule has 0 aliphatic rings. The van der Waals surface area contributed by atoms with Gasteiger partial charge < -0.3 is 14.9 Å². The van der Waals surface area contributed by atoms with Crippen LogP contribution in [0.4, 0.5) is 4.39 Å². The van der Waals surface area contributed by atoms with Crippen LogP contribution < -0.4 is 0 Å². The Bertz CT molecular complexity index is 342. The lowest BCUT2D eigenvalue weighted by atomic mass is 10.2. The van der Waals surface area contributed by atoms with Gasteiger partial charge in [-0.3, -0.25) is 0 Å². The predicted molar refractivity (Wildman–Crippen MR) is 63.0 cm³/mol. The molecule has 0 aliphatic heterocycles. The van der Waals surface area contributed by atoms with Gasteiger partial charge in [0.2, 0.25) is 0 Å². The maximum atomic E-state index is 13.1. The molecule has 0 amide bonds. The quantitative estimate of drug-likeness (QED) is 0.824. The number of benzene rings is 1. The van der Waals surface area contributed by atoms with Gasteiger partial charge in [-0.1, -0.05) is 12.1 Å². The second-order valence-corrected chi connectivity index (χ2v) is 4.29. The number of hydrogen-bond donors (Lipinski definition) is 1. The van der Waals surface area contributed by atoms with Gasteiger partial charge in [0.05, 0.1) is 0 Å². The van der Waals surface area contributed by atoms with Gasteiger partial charge in [0.25, 0.3) is 0 Å². The molecule has 4 heteroatoms. The Kier molecular flexibility index (Phi) is 4.71. The fraction of sp³-hybridized carbons (Fsp3) is 0.500. The standard InChI is InChI=1S/C12H19FN2O/c1-14(2)7-8-15(3)9-10-5-4-6-11(13)12(10)16/h4-6,16H,7-9H2,1-3H3. The first-order chi connectivity index (χ1) is 7.50.